The lowest BCUT2D eigenvalue weighted by molar-refractivity contribution is 0.188. The minimum absolute atomic E-state index is 0.0960. The van der Waals surface area contributed by atoms with Crippen molar-refractivity contribution in [3.63, 3.8) is 0 Å². The van der Waals surface area contributed by atoms with Gasteiger partial charge in [-0.2, -0.15) is 0 Å². The summed E-state index contributed by atoms with van der Waals surface area (Å²) < 4.78 is 4.81. The summed E-state index contributed by atoms with van der Waals surface area (Å²) in [4.78, 5) is 7.05. The van der Waals surface area contributed by atoms with Crippen LogP contribution in [0.1, 0.15) is 35.5 Å². The highest BCUT2D eigenvalue weighted by atomic mass is 16.6. The Morgan fingerprint density at radius 3 is 2.61 bits per heavy atom. The number of hydrogen-bond acceptors (Lipinski definition) is 6. The Hall–Kier alpha value is -1.79. The number of piperidine rings is 1. The fraction of sp³-hybridized carbons (Fsp3) is 0.588. The van der Waals surface area contributed by atoms with Crippen LogP contribution in [0.25, 0.3) is 0 Å². The van der Waals surface area contributed by atoms with E-state index in [4.69, 9.17) is 9.61 Å². The van der Waals surface area contributed by atoms with Crippen molar-refractivity contribution in [2.75, 3.05) is 26.7 Å². The minimum Gasteiger partial charge on any atom is -0.317 e. The highest BCUT2D eigenvalue weighted by Gasteiger charge is 2.36. The molecule has 0 unspecified atom stereocenters. The van der Waals surface area contributed by atoms with Crippen molar-refractivity contribution < 1.29 is 4.63 Å². The first-order valence-electron chi connectivity index (χ1n) is 8.19. The van der Waals surface area contributed by atoms with Gasteiger partial charge in [0.25, 0.3) is 0 Å². The van der Waals surface area contributed by atoms with E-state index in [2.05, 4.69) is 46.6 Å². The third kappa shape index (κ3) is 3.59. The molecule has 0 spiro atoms. The van der Waals surface area contributed by atoms with E-state index in [9.17, 15) is 0 Å². The number of likely N-dealkylation sites (N-methyl/N-ethyl adjacent to an activating group) is 1. The van der Waals surface area contributed by atoms with Gasteiger partial charge < -0.3 is 5.32 Å². The van der Waals surface area contributed by atoms with Gasteiger partial charge >= 0.3 is 0 Å². The molecule has 1 aliphatic heterocycles. The summed E-state index contributed by atoms with van der Waals surface area (Å²) in [7, 11) is 2.13. The molecule has 2 aromatic rings. The van der Waals surface area contributed by atoms with Gasteiger partial charge in [0.05, 0.1) is 0 Å². The number of nitrogens with zero attached hydrogens (tertiary/aromatic N) is 4. The molecule has 0 bridgehead atoms. The molecule has 6 nitrogen and oxygen atoms in total. The molecule has 0 aromatic carbocycles. The normalized spacial score (nSPS) is 17.6. The van der Waals surface area contributed by atoms with Gasteiger partial charge in [-0.15, -0.1) is 0 Å². The van der Waals surface area contributed by atoms with Crippen LogP contribution >= 0.6 is 0 Å². The molecule has 0 radical (unpaired) electrons. The number of aryl methyl sites for hydroxylation is 2. The van der Waals surface area contributed by atoms with E-state index in [0.717, 1.165) is 50.4 Å². The zero-order valence-corrected chi connectivity index (χ0v) is 14.2. The SMILES string of the molecule is Cc1ccc(C2(CN(C)Cc3nonc3C)CCNCC2)nc1. The second kappa shape index (κ2) is 6.76. The molecule has 1 saturated heterocycles. The van der Waals surface area contributed by atoms with Crippen molar-refractivity contribution in [3.05, 3.63) is 41.0 Å². The van der Waals surface area contributed by atoms with Crippen LogP contribution in [0.15, 0.2) is 23.0 Å². The van der Waals surface area contributed by atoms with Crippen LogP contribution < -0.4 is 5.32 Å². The Bertz CT molecular complexity index is 631. The van der Waals surface area contributed by atoms with Crippen LogP contribution in [0.3, 0.4) is 0 Å². The maximum Gasteiger partial charge on any atom is 0.122 e. The second-order valence-corrected chi connectivity index (χ2v) is 6.72. The Morgan fingerprint density at radius 2 is 2.00 bits per heavy atom. The summed E-state index contributed by atoms with van der Waals surface area (Å²) in [6.45, 7) is 7.79. The van der Waals surface area contributed by atoms with Crippen LogP contribution in [0.4, 0.5) is 0 Å². The van der Waals surface area contributed by atoms with Gasteiger partial charge in [-0.25, -0.2) is 4.63 Å². The summed E-state index contributed by atoms with van der Waals surface area (Å²) in [6, 6.07) is 4.36. The fourth-order valence-corrected chi connectivity index (χ4v) is 3.40. The highest BCUT2D eigenvalue weighted by molar-refractivity contribution is 5.22. The average Bonchev–Trinajstić information content (AvgIpc) is 2.93. The molecule has 1 N–H and O–H groups in total. The van der Waals surface area contributed by atoms with Gasteiger partial charge in [-0.3, -0.25) is 9.88 Å². The van der Waals surface area contributed by atoms with Crippen LogP contribution in [0.2, 0.25) is 0 Å². The van der Waals surface area contributed by atoms with Crippen molar-refractivity contribution >= 4 is 0 Å². The molecule has 1 aliphatic rings. The summed E-state index contributed by atoms with van der Waals surface area (Å²) in [5.74, 6) is 0. The lowest BCUT2D eigenvalue weighted by atomic mass is 9.75. The van der Waals surface area contributed by atoms with Gasteiger partial charge in [-0.1, -0.05) is 16.4 Å². The second-order valence-electron chi connectivity index (χ2n) is 6.72. The zero-order chi connectivity index (χ0) is 16.3. The summed E-state index contributed by atoms with van der Waals surface area (Å²) in [6.07, 6.45) is 4.18. The molecule has 1 fully saturated rings. The Kier molecular flexibility index (Phi) is 4.73. The first-order chi connectivity index (χ1) is 11.1. The zero-order valence-electron chi connectivity index (χ0n) is 14.2. The standard InChI is InChI=1S/C17H25N5O/c1-13-4-5-16(19-10-13)17(6-8-18-9-7-17)12-22(3)11-15-14(2)20-23-21-15/h4-5,10,18H,6-9,11-12H2,1-3H3. The maximum atomic E-state index is 4.81. The van der Waals surface area contributed by atoms with Gasteiger partial charge in [0.1, 0.15) is 11.4 Å². The number of pyridine rings is 1. The van der Waals surface area contributed by atoms with Crippen molar-refractivity contribution in [2.24, 2.45) is 0 Å². The number of rotatable bonds is 5. The summed E-state index contributed by atoms with van der Waals surface area (Å²) >= 11 is 0. The molecule has 124 valence electrons. The number of nitrogens with one attached hydrogen (secondary N) is 1. The molecule has 3 heterocycles. The topological polar surface area (TPSA) is 67.1 Å². The Labute approximate surface area is 137 Å². The summed E-state index contributed by atoms with van der Waals surface area (Å²) in [5.41, 5.74) is 4.28. The summed E-state index contributed by atoms with van der Waals surface area (Å²) in [5, 5.41) is 11.3. The monoisotopic (exact) mass is 315 g/mol. The molecule has 0 amide bonds. The predicted octanol–water partition coefficient (Wildman–Crippen LogP) is 1.83. The molecule has 2 aromatic heterocycles. The van der Waals surface area contributed by atoms with Crippen molar-refractivity contribution in [1.29, 1.82) is 0 Å². The molecule has 6 heteroatoms. The largest absolute Gasteiger partial charge is 0.317 e. The van der Waals surface area contributed by atoms with E-state index in [1.807, 2.05) is 13.1 Å². The third-order valence-electron chi connectivity index (χ3n) is 4.75. The smallest absolute Gasteiger partial charge is 0.122 e. The van der Waals surface area contributed by atoms with E-state index < -0.39 is 0 Å². The molecule has 0 aliphatic carbocycles. The van der Waals surface area contributed by atoms with E-state index in [1.165, 1.54) is 11.3 Å². The van der Waals surface area contributed by atoms with Crippen LogP contribution in [-0.4, -0.2) is 46.9 Å². The van der Waals surface area contributed by atoms with Gasteiger partial charge in [0.2, 0.25) is 0 Å². The molecule has 0 atom stereocenters. The van der Waals surface area contributed by atoms with Crippen LogP contribution in [-0.2, 0) is 12.0 Å². The number of hydrogen-bond donors (Lipinski definition) is 1. The van der Waals surface area contributed by atoms with Gasteiger partial charge in [0, 0.05) is 30.4 Å². The van der Waals surface area contributed by atoms with Crippen molar-refractivity contribution in [3.8, 4) is 0 Å². The first kappa shape index (κ1) is 16.1. The number of aromatic nitrogens is 3. The quantitative estimate of drug-likeness (QED) is 0.908. The van der Waals surface area contributed by atoms with Crippen LogP contribution in [0.5, 0.6) is 0 Å². The average molecular weight is 315 g/mol. The van der Waals surface area contributed by atoms with E-state index in [-0.39, 0.29) is 5.41 Å². The first-order valence-corrected chi connectivity index (χ1v) is 8.19. The van der Waals surface area contributed by atoms with E-state index >= 15 is 0 Å². The Balaban J connectivity index is 1.78. The molecule has 0 saturated carbocycles. The molecule has 23 heavy (non-hydrogen) atoms. The molecular weight excluding hydrogens is 290 g/mol. The highest BCUT2D eigenvalue weighted by Crippen LogP contribution is 2.33. The van der Waals surface area contributed by atoms with E-state index in [0.29, 0.717) is 0 Å². The third-order valence-corrected chi connectivity index (χ3v) is 4.75. The van der Waals surface area contributed by atoms with Crippen molar-refractivity contribution in [2.45, 2.75) is 38.6 Å². The molecular formula is C17H25N5O. The molecule has 3 rings (SSSR count). The van der Waals surface area contributed by atoms with E-state index in [1.54, 1.807) is 0 Å². The van der Waals surface area contributed by atoms with Gasteiger partial charge in [-0.05, 0) is 58.5 Å². The lowest BCUT2D eigenvalue weighted by Crippen LogP contribution is -2.47. The fourth-order valence-electron chi connectivity index (χ4n) is 3.40. The predicted molar refractivity (Wildman–Crippen MR) is 88.1 cm³/mol. The van der Waals surface area contributed by atoms with Gasteiger partial charge in [0.15, 0.2) is 0 Å². The maximum absolute atomic E-state index is 4.81. The minimum atomic E-state index is 0.0960. The Morgan fingerprint density at radius 1 is 1.22 bits per heavy atom. The lowest BCUT2D eigenvalue weighted by Gasteiger charge is -2.40. The van der Waals surface area contributed by atoms with Crippen LogP contribution in [0, 0.1) is 13.8 Å². The van der Waals surface area contributed by atoms with Crippen molar-refractivity contribution in [1.82, 2.24) is 25.5 Å².